The molecule has 1 aliphatic carbocycles. The average Bonchev–Trinajstić information content (AvgIpc) is 3.38. The van der Waals surface area contributed by atoms with Gasteiger partial charge in [0.15, 0.2) is 5.82 Å². The number of fused-ring (bicyclic) bond motifs is 1. The van der Waals surface area contributed by atoms with Crippen LogP contribution in [0.3, 0.4) is 0 Å². The van der Waals surface area contributed by atoms with E-state index in [0.29, 0.717) is 23.5 Å². The number of hydrogen-bond donors (Lipinski definition) is 1. The first-order valence-corrected chi connectivity index (χ1v) is 11.7. The predicted octanol–water partition coefficient (Wildman–Crippen LogP) is 4.45. The van der Waals surface area contributed by atoms with Gasteiger partial charge in [0.1, 0.15) is 28.5 Å². The minimum absolute atomic E-state index is 0.0244. The predicted molar refractivity (Wildman–Crippen MR) is 111 cm³/mol. The minimum Gasteiger partial charge on any atom is -0.334 e. The smallest absolute Gasteiger partial charge is 0.334 e. The zero-order valence-electron chi connectivity index (χ0n) is 17.4. The molecule has 1 aromatic carbocycles. The van der Waals surface area contributed by atoms with Gasteiger partial charge in [0.25, 0.3) is 0 Å². The number of aromatic nitrogens is 3. The number of sulfonamides is 1. The van der Waals surface area contributed by atoms with Crippen LogP contribution in [-0.4, -0.2) is 35.2 Å². The van der Waals surface area contributed by atoms with Gasteiger partial charge in [-0.05, 0) is 38.0 Å². The molecule has 12 heteroatoms. The van der Waals surface area contributed by atoms with Crippen molar-refractivity contribution in [1.82, 2.24) is 19.3 Å². The zero-order valence-corrected chi connectivity index (χ0v) is 18.2. The summed E-state index contributed by atoms with van der Waals surface area (Å²) in [5.41, 5.74) is 1.11. The molecular formula is C21H19F4N5O2S. The number of benzene rings is 1. The number of alkyl halides is 3. The summed E-state index contributed by atoms with van der Waals surface area (Å²) in [7, 11) is -4.53. The summed E-state index contributed by atoms with van der Waals surface area (Å²) in [6.07, 6.45) is 0.669. The van der Waals surface area contributed by atoms with Gasteiger partial charge in [-0.25, -0.2) is 22.8 Å². The Bertz CT molecular complexity index is 1340. The molecule has 1 fully saturated rings. The van der Waals surface area contributed by atoms with Gasteiger partial charge >= 0.3 is 6.18 Å². The van der Waals surface area contributed by atoms with E-state index >= 15 is 0 Å². The Kier molecular flexibility index (Phi) is 5.88. The molecule has 1 saturated carbocycles. The largest absolute Gasteiger partial charge is 0.404 e. The van der Waals surface area contributed by atoms with E-state index in [2.05, 4.69) is 16.0 Å². The Labute approximate surface area is 187 Å². The van der Waals surface area contributed by atoms with Gasteiger partial charge < -0.3 is 4.57 Å². The van der Waals surface area contributed by atoms with E-state index in [1.165, 1.54) is 12.1 Å². The van der Waals surface area contributed by atoms with Crippen molar-refractivity contribution in [1.29, 1.82) is 5.26 Å². The van der Waals surface area contributed by atoms with Crippen molar-refractivity contribution in [2.24, 2.45) is 0 Å². The van der Waals surface area contributed by atoms with Crippen LogP contribution in [0.5, 0.6) is 0 Å². The molecule has 0 spiro atoms. The van der Waals surface area contributed by atoms with Crippen LogP contribution in [0, 0.1) is 17.1 Å². The van der Waals surface area contributed by atoms with E-state index in [4.69, 9.17) is 0 Å². The quantitative estimate of drug-likeness (QED) is 0.543. The Morgan fingerprint density at radius 2 is 1.85 bits per heavy atom. The van der Waals surface area contributed by atoms with Crippen LogP contribution in [0.1, 0.15) is 44.2 Å². The van der Waals surface area contributed by atoms with Crippen molar-refractivity contribution in [2.45, 2.75) is 55.8 Å². The molecule has 1 N–H and O–H groups in total. The van der Waals surface area contributed by atoms with Crippen LogP contribution in [0.25, 0.3) is 22.4 Å². The van der Waals surface area contributed by atoms with E-state index in [1.54, 1.807) is 10.8 Å². The molecule has 4 rings (SSSR count). The highest BCUT2D eigenvalue weighted by Crippen LogP contribution is 2.40. The van der Waals surface area contributed by atoms with Gasteiger partial charge in [0, 0.05) is 11.4 Å². The molecule has 2 aromatic heterocycles. The summed E-state index contributed by atoms with van der Waals surface area (Å²) in [5, 5.41) is 10.2. The molecule has 3 aromatic rings. The van der Waals surface area contributed by atoms with Gasteiger partial charge in [-0.3, -0.25) is 0 Å². The normalized spacial score (nSPS) is 16.2. The van der Waals surface area contributed by atoms with E-state index in [0.717, 1.165) is 38.1 Å². The van der Waals surface area contributed by atoms with Gasteiger partial charge in [-0.1, -0.05) is 12.8 Å². The van der Waals surface area contributed by atoms with E-state index in [1.807, 2.05) is 4.57 Å². The molecule has 0 saturated heterocycles. The fraction of sp³-hybridized carbons (Fsp3) is 0.381. The molecule has 1 atom stereocenters. The first-order valence-electron chi connectivity index (χ1n) is 10.2. The van der Waals surface area contributed by atoms with Gasteiger partial charge in [0.2, 0.25) is 10.0 Å². The standard InChI is InChI=1S/C21H19F4N5O2S/c1-12(21(23,24)25)29-33(31,32)15-10-27-20(28-11-15)19-17(9-26)16-8-13(22)6-7-18(16)30(19)14-4-2-3-5-14/h6-8,10-12,14,29H,2-5H2,1H3. The van der Waals surface area contributed by atoms with Crippen molar-refractivity contribution < 1.29 is 26.0 Å². The third-order valence-electron chi connectivity index (χ3n) is 5.74. The molecule has 7 nitrogen and oxygen atoms in total. The molecule has 2 heterocycles. The summed E-state index contributed by atoms with van der Waals surface area (Å²) >= 11 is 0. The third kappa shape index (κ3) is 4.30. The maximum atomic E-state index is 13.9. The van der Waals surface area contributed by atoms with Gasteiger partial charge in [-0.15, -0.1) is 0 Å². The van der Waals surface area contributed by atoms with Crippen LogP contribution in [-0.2, 0) is 10.0 Å². The third-order valence-corrected chi connectivity index (χ3v) is 7.24. The van der Waals surface area contributed by atoms with Crippen molar-refractivity contribution in [3.05, 3.63) is 42.0 Å². The lowest BCUT2D eigenvalue weighted by atomic mass is 10.1. The zero-order chi connectivity index (χ0) is 24.0. The molecule has 0 bridgehead atoms. The van der Waals surface area contributed by atoms with Crippen LogP contribution < -0.4 is 4.72 Å². The molecule has 0 aliphatic heterocycles. The number of halogens is 4. The van der Waals surface area contributed by atoms with E-state index in [9.17, 15) is 31.2 Å². The molecule has 0 radical (unpaired) electrons. The summed E-state index contributed by atoms with van der Waals surface area (Å²) in [6.45, 7) is 0.686. The van der Waals surface area contributed by atoms with Gasteiger partial charge in [0.05, 0.1) is 23.5 Å². The van der Waals surface area contributed by atoms with Gasteiger partial charge in [-0.2, -0.15) is 23.2 Å². The first-order chi connectivity index (χ1) is 15.5. The SMILES string of the molecule is CC(NS(=O)(=O)c1cnc(-c2c(C#N)c3cc(F)ccc3n2C2CCCC2)nc1)C(F)(F)F. The summed E-state index contributed by atoms with van der Waals surface area (Å²) < 4.78 is 80.3. The summed E-state index contributed by atoms with van der Waals surface area (Å²) in [6, 6.07) is 3.92. The maximum Gasteiger partial charge on any atom is 0.404 e. The van der Waals surface area contributed by atoms with Crippen molar-refractivity contribution >= 4 is 20.9 Å². The molecule has 33 heavy (non-hydrogen) atoms. The number of nitrogens with one attached hydrogen (secondary N) is 1. The van der Waals surface area contributed by atoms with Crippen LogP contribution in [0.2, 0.25) is 0 Å². The fourth-order valence-corrected chi connectivity index (χ4v) is 5.22. The topological polar surface area (TPSA) is 101 Å². The first kappa shape index (κ1) is 23.1. The summed E-state index contributed by atoms with van der Waals surface area (Å²) in [4.78, 5) is 7.59. The number of nitrogens with zero attached hydrogens (tertiary/aromatic N) is 4. The Balaban J connectivity index is 1.81. The Hall–Kier alpha value is -3.04. The summed E-state index contributed by atoms with van der Waals surface area (Å²) in [5.74, 6) is -0.487. The lowest BCUT2D eigenvalue weighted by Gasteiger charge is -2.18. The molecule has 174 valence electrons. The lowest BCUT2D eigenvalue weighted by molar-refractivity contribution is -0.147. The monoisotopic (exact) mass is 481 g/mol. The fourth-order valence-electron chi connectivity index (χ4n) is 4.11. The average molecular weight is 481 g/mol. The Morgan fingerprint density at radius 3 is 2.42 bits per heavy atom. The number of nitriles is 1. The second-order valence-corrected chi connectivity index (χ2v) is 9.65. The second kappa shape index (κ2) is 8.39. The van der Waals surface area contributed by atoms with E-state index in [-0.39, 0.29) is 17.4 Å². The van der Waals surface area contributed by atoms with Crippen molar-refractivity contribution in [2.75, 3.05) is 0 Å². The second-order valence-electron chi connectivity index (χ2n) is 7.93. The highest BCUT2D eigenvalue weighted by molar-refractivity contribution is 7.89. The molecule has 1 aliphatic rings. The minimum atomic E-state index is -4.76. The molecular weight excluding hydrogens is 462 g/mol. The maximum absolute atomic E-state index is 13.9. The lowest BCUT2D eigenvalue weighted by Crippen LogP contribution is -2.43. The molecule has 1 unspecified atom stereocenters. The van der Waals surface area contributed by atoms with Crippen LogP contribution in [0.15, 0.2) is 35.5 Å². The van der Waals surface area contributed by atoms with Crippen molar-refractivity contribution in [3.8, 4) is 17.6 Å². The Morgan fingerprint density at radius 1 is 1.21 bits per heavy atom. The van der Waals surface area contributed by atoms with E-state index < -0.39 is 33.0 Å². The highest BCUT2D eigenvalue weighted by atomic mass is 32.2. The van der Waals surface area contributed by atoms with Crippen LogP contribution >= 0.6 is 0 Å². The number of rotatable bonds is 5. The highest BCUT2D eigenvalue weighted by Gasteiger charge is 2.39. The number of hydrogen-bond acceptors (Lipinski definition) is 5. The molecule has 0 amide bonds. The van der Waals surface area contributed by atoms with Crippen LogP contribution in [0.4, 0.5) is 17.6 Å². The van der Waals surface area contributed by atoms with Crippen molar-refractivity contribution in [3.63, 3.8) is 0 Å².